The molecule has 2 N–H and O–H groups in total. The van der Waals surface area contributed by atoms with E-state index in [9.17, 15) is 4.79 Å². The number of aromatic nitrogens is 4. The lowest BCUT2D eigenvalue weighted by molar-refractivity contribution is -0.120. The first-order chi connectivity index (χ1) is 15.2. The van der Waals surface area contributed by atoms with Crippen molar-refractivity contribution >= 4 is 45.7 Å². The number of carbonyl (C=O) groups is 1. The summed E-state index contributed by atoms with van der Waals surface area (Å²) in [5, 5.41) is 8.77. The summed E-state index contributed by atoms with van der Waals surface area (Å²) in [5.74, 6) is 0.459. The van der Waals surface area contributed by atoms with Gasteiger partial charge in [0.2, 0.25) is 5.91 Å². The second-order valence-corrected chi connectivity index (χ2v) is 8.76. The molecule has 5 rings (SSSR count). The number of rotatable bonds is 5. The van der Waals surface area contributed by atoms with E-state index in [1.165, 1.54) is 0 Å². The monoisotopic (exact) mass is 452 g/mol. The molecule has 0 bridgehead atoms. The van der Waals surface area contributed by atoms with Crippen molar-refractivity contribution in [2.75, 3.05) is 18.4 Å². The Hall–Kier alpha value is -2.81. The van der Waals surface area contributed by atoms with Crippen LogP contribution in [0.1, 0.15) is 18.5 Å². The number of pyridine rings is 1. The van der Waals surface area contributed by atoms with Crippen molar-refractivity contribution in [1.82, 2.24) is 24.8 Å². The maximum atomic E-state index is 12.6. The first-order valence-electron chi connectivity index (χ1n) is 10.2. The first-order valence-corrected chi connectivity index (χ1v) is 11.5. The Labute approximate surface area is 188 Å². The minimum atomic E-state index is -0.0345. The molecule has 31 heavy (non-hydrogen) atoms. The highest BCUT2D eigenvalue weighted by atomic mass is 35.5. The summed E-state index contributed by atoms with van der Waals surface area (Å²) in [4.78, 5) is 25.8. The third-order valence-electron chi connectivity index (χ3n) is 5.52. The first kappa shape index (κ1) is 20.1. The number of hydrogen-bond donors (Lipinski definition) is 2. The number of imidazole rings is 1. The molecule has 1 aliphatic rings. The average molecular weight is 453 g/mol. The zero-order chi connectivity index (χ0) is 21.2. The Balaban J connectivity index is 1.40. The van der Waals surface area contributed by atoms with E-state index in [1.807, 2.05) is 41.5 Å². The lowest BCUT2D eigenvalue weighted by Crippen LogP contribution is -2.37. The molecule has 1 aromatic carbocycles. The van der Waals surface area contributed by atoms with E-state index < -0.39 is 0 Å². The standard InChI is InChI=1S/C22H21ClN6OS/c23-18-9-25-21(28-22(30)15-2-1-5-24-8-15)7-17(18)14-3-4-20-19(6-14)26-12-29(20)10-16-11-31-13-27-16/h3-4,6-7,9,11-13,15,24H,1-2,5,8,10H2,(H,25,28,30)/t15-/m1/s1. The van der Waals surface area contributed by atoms with Crippen LogP contribution >= 0.6 is 22.9 Å². The van der Waals surface area contributed by atoms with Gasteiger partial charge in [0.05, 0.1) is 46.1 Å². The van der Waals surface area contributed by atoms with Crippen LogP contribution in [0.15, 0.2) is 47.7 Å². The maximum absolute atomic E-state index is 12.6. The smallest absolute Gasteiger partial charge is 0.229 e. The van der Waals surface area contributed by atoms with Crippen LogP contribution in [0.2, 0.25) is 5.02 Å². The van der Waals surface area contributed by atoms with Crippen LogP contribution in [-0.2, 0) is 11.3 Å². The molecular formula is C22H21ClN6OS. The average Bonchev–Trinajstić information content (AvgIpc) is 3.46. The molecule has 1 amide bonds. The number of amides is 1. The number of halogens is 1. The number of piperidine rings is 1. The normalized spacial score (nSPS) is 16.5. The van der Waals surface area contributed by atoms with E-state index in [4.69, 9.17) is 11.6 Å². The van der Waals surface area contributed by atoms with Gasteiger partial charge in [0, 0.05) is 23.7 Å². The third kappa shape index (κ3) is 4.32. The van der Waals surface area contributed by atoms with E-state index in [1.54, 1.807) is 17.5 Å². The Morgan fingerprint density at radius 2 is 2.23 bits per heavy atom. The predicted octanol–water partition coefficient (Wildman–Crippen LogP) is 4.19. The van der Waals surface area contributed by atoms with Gasteiger partial charge in [-0.05, 0) is 43.1 Å². The molecule has 3 aromatic heterocycles. The maximum Gasteiger partial charge on any atom is 0.229 e. The fraction of sp³-hybridized carbons (Fsp3) is 0.273. The molecule has 1 atom stereocenters. The van der Waals surface area contributed by atoms with Crippen LogP contribution in [0.4, 0.5) is 5.82 Å². The summed E-state index contributed by atoms with van der Waals surface area (Å²) in [6, 6.07) is 7.88. The molecule has 1 fully saturated rings. The molecule has 4 heterocycles. The molecule has 0 saturated carbocycles. The summed E-state index contributed by atoms with van der Waals surface area (Å²) >= 11 is 8.03. The van der Waals surface area contributed by atoms with Crippen molar-refractivity contribution in [2.45, 2.75) is 19.4 Å². The van der Waals surface area contributed by atoms with Crippen LogP contribution in [0.25, 0.3) is 22.2 Å². The third-order valence-corrected chi connectivity index (χ3v) is 6.46. The summed E-state index contributed by atoms with van der Waals surface area (Å²) in [6.07, 6.45) is 5.30. The van der Waals surface area contributed by atoms with Gasteiger partial charge in [0.25, 0.3) is 0 Å². The number of anilines is 1. The van der Waals surface area contributed by atoms with Gasteiger partial charge >= 0.3 is 0 Å². The topological polar surface area (TPSA) is 84.7 Å². The fourth-order valence-electron chi connectivity index (χ4n) is 3.88. The summed E-state index contributed by atoms with van der Waals surface area (Å²) in [5.41, 5.74) is 6.48. The van der Waals surface area contributed by atoms with Crippen molar-refractivity contribution in [3.8, 4) is 11.1 Å². The zero-order valence-corrected chi connectivity index (χ0v) is 18.3. The van der Waals surface area contributed by atoms with Crippen LogP contribution < -0.4 is 10.6 Å². The summed E-state index contributed by atoms with van der Waals surface area (Å²) < 4.78 is 2.08. The van der Waals surface area contributed by atoms with Gasteiger partial charge in [-0.25, -0.2) is 15.0 Å². The highest BCUT2D eigenvalue weighted by Crippen LogP contribution is 2.31. The van der Waals surface area contributed by atoms with Crippen LogP contribution in [0, 0.1) is 5.92 Å². The largest absolute Gasteiger partial charge is 0.324 e. The summed E-state index contributed by atoms with van der Waals surface area (Å²) in [6.45, 7) is 2.35. The van der Waals surface area contributed by atoms with Gasteiger partial charge < -0.3 is 15.2 Å². The van der Waals surface area contributed by atoms with Crippen molar-refractivity contribution in [3.05, 3.63) is 58.4 Å². The SMILES string of the molecule is O=C(Nc1cc(-c2ccc3c(c2)ncn3Cc2cscn2)c(Cl)cn1)[C@@H]1CCCNC1. The van der Waals surface area contributed by atoms with Crippen LogP contribution in [0.5, 0.6) is 0 Å². The van der Waals surface area contributed by atoms with Gasteiger partial charge in [-0.3, -0.25) is 4.79 Å². The Morgan fingerprint density at radius 1 is 1.29 bits per heavy atom. The highest BCUT2D eigenvalue weighted by molar-refractivity contribution is 7.07. The molecule has 0 spiro atoms. The quantitative estimate of drug-likeness (QED) is 0.474. The van der Waals surface area contributed by atoms with Crippen molar-refractivity contribution in [2.24, 2.45) is 5.92 Å². The van der Waals surface area contributed by atoms with Crippen molar-refractivity contribution in [1.29, 1.82) is 0 Å². The number of benzene rings is 1. The van der Waals surface area contributed by atoms with E-state index in [0.717, 1.165) is 47.2 Å². The zero-order valence-electron chi connectivity index (χ0n) is 16.7. The van der Waals surface area contributed by atoms with E-state index in [-0.39, 0.29) is 11.8 Å². The number of fused-ring (bicyclic) bond motifs is 1. The Bertz CT molecular complexity index is 1220. The number of nitrogens with one attached hydrogen (secondary N) is 2. The Kier molecular flexibility index (Phi) is 5.67. The van der Waals surface area contributed by atoms with Gasteiger partial charge in [-0.15, -0.1) is 11.3 Å². The molecule has 0 unspecified atom stereocenters. The predicted molar refractivity (Wildman–Crippen MR) is 123 cm³/mol. The molecule has 1 saturated heterocycles. The van der Waals surface area contributed by atoms with Gasteiger partial charge in [-0.2, -0.15) is 0 Å². The summed E-state index contributed by atoms with van der Waals surface area (Å²) in [7, 11) is 0. The molecule has 7 nitrogen and oxygen atoms in total. The van der Waals surface area contributed by atoms with E-state index in [0.29, 0.717) is 23.9 Å². The van der Waals surface area contributed by atoms with Crippen molar-refractivity contribution < 1.29 is 4.79 Å². The molecule has 9 heteroatoms. The molecule has 1 aliphatic heterocycles. The highest BCUT2D eigenvalue weighted by Gasteiger charge is 2.21. The molecule has 158 valence electrons. The number of hydrogen-bond acceptors (Lipinski definition) is 6. The number of nitrogens with zero attached hydrogens (tertiary/aromatic N) is 4. The van der Waals surface area contributed by atoms with Crippen LogP contribution in [0.3, 0.4) is 0 Å². The van der Waals surface area contributed by atoms with Gasteiger partial charge in [0.1, 0.15) is 5.82 Å². The van der Waals surface area contributed by atoms with Gasteiger partial charge in [-0.1, -0.05) is 17.7 Å². The second kappa shape index (κ2) is 8.74. The number of thiazole rings is 1. The Morgan fingerprint density at radius 3 is 3.03 bits per heavy atom. The van der Waals surface area contributed by atoms with Crippen molar-refractivity contribution in [3.63, 3.8) is 0 Å². The molecule has 0 aliphatic carbocycles. The second-order valence-electron chi connectivity index (χ2n) is 7.64. The minimum Gasteiger partial charge on any atom is -0.324 e. The molecule has 4 aromatic rings. The van der Waals surface area contributed by atoms with E-state index >= 15 is 0 Å². The lowest BCUT2D eigenvalue weighted by atomic mass is 9.99. The van der Waals surface area contributed by atoms with E-state index in [2.05, 4.69) is 30.2 Å². The number of carbonyl (C=O) groups excluding carboxylic acids is 1. The van der Waals surface area contributed by atoms with Gasteiger partial charge in [0.15, 0.2) is 0 Å². The minimum absolute atomic E-state index is 0.00999. The van der Waals surface area contributed by atoms with Crippen LogP contribution in [-0.4, -0.2) is 38.5 Å². The molecular weight excluding hydrogens is 432 g/mol. The fourth-order valence-corrected chi connectivity index (χ4v) is 4.64. The molecule has 0 radical (unpaired) electrons. The lowest BCUT2D eigenvalue weighted by Gasteiger charge is -2.21.